The van der Waals surface area contributed by atoms with Gasteiger partial charge >= 0.3 is 5.97 Å². The zero-order valence-corrected chi connectivity index (χ0v) is 24.0. The minimum Gasteiger partial charge on any atom is -0.469 e. The highest BCUT2D eigenvalue weighted by Gasteiger charge is 2.65. The summed E-state index contributed by atoms with van der Waals surface area (Å²) in [5, 5.41) is 2.29. The maximum Gasteiger partial charge on any atom is 0.309 e. The number of hydrogen-bond acceptors (Lipinski definition) is 5. The second-order valence-electron chi connectivity index (χ2n) is 11.6. The first-order valence-corrected chi connectivity index (χ1v) is 15.3. The van der Waals surface area contributed by atoms with Crippen molar-refractivity contribution in [3.8, 4) is 0 Å². The molecule has 3 atom stereocenters. The third-order valence-electron chi connectivity index (χ3n) is 8.64. The second-order valence-corrected chi connectivity index (χ2v) is 15.9. The minimum atomic E-state index is -2.80. The van der Waals surface area contributed by atoms with Gasteiger partial charge in [-0.15, -0.1) is 6.58 Å². The molecule has 1 spiro atoms. The van der Waals surface area contributed by atoms with Crippen molar-refractivity contribution in [1.29, 1.82) is 0 Å². The molecule has 37 heavy (non-hydrogen) atoms. The van der Waals surface area contributed by atoms with Crippen molar-refractivity contribution in [2.24, 2.45) is 17.3 Å². The Morgan fingerprint density at radius 3 is 2.08 bits per heavy atom. The van der Waals surface area contributed by atoms with E-state index in [2.05, 4.69) is 94.9 Å². The maximum atomic E-state index is 13.0. The average Bonchev–Trinajstić information content (AvgIpc) is 3.49. The van der Waals surface area contributed by atoms with Gasteiger partial charge in [0.2, 0.25) is 0 Å². The van der Waals surface area contributed by atoms with Crippen LogP contribution < -0.4 is 10.4 Å². The summed E-state index contributed by atoms with van der Waals surface area (Å²) in [5.74, 6) is -1.36. The van der Waals surface area contributed by atoms with Gasteiger partial charge in [0.05, 0.1) is 26.2 Å². The second kappa shape index (κ2) is 10.9. The Balaban J connectivity index is 1.83. The van der Waals surface area contributed by atoms with Crippen molar-refractivity contribution in [1.82, 2.24) is 0 Å². The van der Waals surface area contributed by atoms with E-state index in [9.17, 15) is 4.79 Å². The first-order valence-electron chi connectivity index (χ1n) is 13.4. The van der Waals surface area contributed by atoms with E-state index in [1.807, 2.05) is 6.08 Å². The van der Waals surface area contributed by atoms with Gasteiger partial charge in [0, 0.05) is 18.4 Å². The Morgan fingerprint density at radius 2 is 1.62 bits per heavy atom. The summed E-state index contributed by atoms with van der Waals surface area (Å²) < 4.78 is 25.4. The highest BCUT2D eigenvalue weighted by atomic mass is 28.4. The molecule has 2 fully saturated rings. The van der Waals surface area contributed by atoms with E-state index in [-0.39, 0.29) is 22.8 Å². The quantitative estimate of drug-likeness (QED) is 0.261. The summed E-state index contributed by atoms with van der Waals surface area (Å²) in [6.07, 6.45) is 3.88. The molecule has 0 aromatic heterocycles. The number of carbonyl (C=O) groups is 1. The smallest absolute Gasteiger partial charge is 0.309 e. The van der Waals surface area contributed by atoms with Gasteiger partial charge in [-0.2, -0.15) is 0 Å². The molecule has 0 bridgehead atoms. The summed E-state index contributed by atoms with van der Waals surface area (Å²) in [7, 11) is -1.34. The van der Waals surface area contributed by atoms with E-state index in [0.29, 0.717) is 26.2 Å². The van der Waals surface area contributed by atoms with E-state index in [4.69, 9.17) is 18.6 Å². The van der Waals surface area contributed by atoms with Crippen LogP contribution in [-0.4, -0.2) is 47.0 Å². The molecule has 1 saturated heterocycles. The number of ether oxygens (including phenoxy) is 3. The predicted octanol–water partition coefficient (Wildman–Crippen LogP) is 5.09. The molecule has 4 rings (SSSR count). The summed E-state index contributed by atoms with van der Waals surface area (Å²) in [6, 6.07) is 21.3. The number of carbonyl (C=O) groups excluding carboxylic acids is 1. The molecule has 0 amide bonds. The van der Waals surface area contributed by atoms with Gasteiger partial charge in [0.15, 0.2) is 5.79 Å². The molecule has 0 radical (unpaired) electrons. The molecule has 0 unspecified atom stereocenters. The van der Waals surface area contributed by atoms with Crippen molar-refractivity contribution in [2.45, 2.75) is 57.8 Å². The topological polar surface area (TPSA) is 54.0 Å². The third-order valence-corrected chi connectivity index (χ3v) is 13.6. The van der Waals surface area contributed by atoms with Gasteiger partial charge in [-0.1, -0.05) is 94.4 Å². The molecule has 1 heterocycles. The van der Waals surface area contributed by atoms with E-state index in [0.717, 1.165) is 12.8 Å². The molecular formula is C31H42O5Si. The summed E-state index contributed by atoms with van der Waals surface area (Å²) in [6.45, 7) is 14.5. The number of hydrogen-bond donors (Lipinski definition) is 0. The molecule has 2 aromatic rings. The molecule has 2 aromatic carbocycles. The van der Waals surface area contributed by atoms with Crippen molar-refractivity contribution < 1.29 is 23.4 Å². The van der Waals surface area contributed by atoms with Crippen LogP contribution in [0.2, 0.25) is 5.04 Å². The maximum absolute atomic E-state index is 13.0. The van der Waals surface area contributed by atoms with Gasteiger partial charge in [-0.05, 0) is 34.2 Å². The van der Waals surface area contributed by atoms with Crippen LogP contribution in [0.5, 0.6) is 0 Å². The Hall–Kier alpha value is -2.25. The van der Waals surface area contributed by atoms with Crippen LogP contribution in [0.3, 0.4) is 0 Å². The van der Waals surface area contributed by atoms with Crippen LogP contribution in [-0.2, 0) is 23.4 Å². The lowest BCUT2D eigenvalue weighted by Gasteiger charge is -2.49. The van der Waals surface area contributed by atoms with Crippen molar-refractivity contribution in [3.05, 3.63) is 73.3 Å². The zero-order chi connectivity index (χ0) is 26.7. The number of rotatable bonds is 9. The molecular weight excluding hydrogens is 480 g/mol. The monoisotopic (exact) mass is 522 g/mol. The minimum absolute atomic E-state index is 0.0331. The van der Waals surface area contributed by atoms with Gasteiger partial charge in [-0.3, -0.25) is 4.79 Å². The molecule has 200 valence electrons. The van der Waals surface area contributed by atoms with Crippen molar-refractivity contribution in [2.75, 3.05) is 26.9 Å². The normalized spacial score (nSPS) is 24.2. The largest absolute Gasteiger partial charge is 0.469 e. The van der Waals surface area contributed by atoms with E-state index >= 15 is 0 Å². The van der Waals surface area contributed by atoms with Crippen LogP contribution in [0, 0.1) is 17.3 Å². The predicted molar refractivity (Wildman–Crippen MR) is 149 cm³/mol. The molecule has 1 aliphatic heterocycles. The Kier molecular flexibility index (Phi) is 8.15. The third kappa shape index (κ3) is 4.74. The Morgan fingerprint density at radius 1 is 1.08 bits per heavy atom. The average molecular weight is 523 g/mol. The van der Waals surface area contributed by atoms with Gasteiger partial charge in [0.1, 0.15) is 0 Å². The highest BCUT2D eigenvalue weighted by Crippen LogP contribution is 2.58. The Labute approximate surface area is 223 Å². The lowest BCUT2D eigenvalue weighted by Crippen LogP contribution is -2.68. The molecule has 1 saturated carbocycles. The lowest BCUT2D eigenvalue weighted by atomic mass is 9.70. The SMILES string of the molecule is C=CC[C@H](C(=O)OC)[C@@H]1CCC2(OCCO2)[C@@]1(C)CO[Si](c1ccccc1)(c1ccccc1)C(C)(C)C. The van der Waals surface area contributed by atoms with Crippen LogP contribution >= 0.6 is 0 Å². The summed E-state index contributed by atoms with van der Waals surface area (Å²) >= 11 is 0. The van der Waals surface area contributed by atoms with Gasteiger partial charge in [-0.25, -0.2) is 0 Å². The van der Waals surface area contributed by atoms with Gasteiger partial charge < -0.3 is 18.6 Å². The highest BCUT2D eigenvalue weighted by molar-refractivity contribution is 6.99. The fourth-order valence-electron chi connectivity index (χ4n) is 6.80. The molecule has 1 aliphatic carbocycles. The van der Waals surface area contributed by atoms with Crippen LogP contribution in [0.4, 0.5) is 0 Å². The van der Waals surface area contributed by atoms with Gasteiger partial charge in [0.25, 0.3) is 8.32 Å². The standard InChI is InChI=1S/C31H42O5Si/c1-7-14-26(28(32)33-6)27-19-20-31(34-21-22-35-31)30(27,5)23-36-37(29(2,3)4,24-15-10-8-11-16-24)25-17-12-9-13-18-25/h7-13,15-18,26-27H,1,14,19-23H2,2-6H3/t26-,27-,30-/m0/s1. The first kappa shape index (κ1) is 27.8. The van der Waals surface area contributed by atoms with Crippen LogP contribution in [0.25, 0.3) is 0 Å². The number of esters is 1. The number of benzene rings is 2. The van der Waals surface area contributed by atoms with E-state index in [1.165, 1.54) is 17.5 Å². The summed E-state index contributed by atoms with van der Waals surface area (Å²) in [4.78, 5) is 13.0. The molecule has 2 aliphatic rings. The fourth-order valence-corrected chi connectivity index (χ4v) is 11.5. The van der Waals surface area contributed by atoms with Crippen LogP contribution in [0.15, 0.2) is 73.3 Å². The molecule has 5 nitrogen and oxygen atoms in total. The Bertz CT molecular complexity index is 1020. The summed E-state index contributed by atoms with van der Waals surface area (Å²) in [5.41, 5.74) is -0.557. The number of methoxy groups -OCH3 is 1. The lowest BCUT2D eigenvalue weighted by molar-refractivity contribution is -0.236. The van der Waals surface area contributed by atoms with E-state index in [1.54, 1.807) is 0 Å². The zero-order valence-electron chi connectivity index (χ0n) is 23.0. The van der Waals surface area contributed by atoms with Crippen LogP contribution in [0.1, 0.15) is 47.0 Å². The van der Waals surface area contributed by atoms with Crippen molar-refractivity contribution >= 4 is 24.7 Å². The number of allylic oxidation sites excluding steroid dienone is 1. The molecule has 0 N–H and O–H groups in total. The first-order chi connectivity index (χ1) is 17.6. The fraction of sp³-hybridized carbons (Fsp3) is 0.516. The van der Waals surface area contributed by atoms with E-state index < -0.39 is 19.5 Å². The van der Waals surface area contributed by atoms with Crippen molar-refractivity contribution in [3.63, 3.8) is 0 Å². The molecule has 6 heteroatoms.